The van der Waals surface area contributed by atoms with Crippen LogP contribution < -0.4 is 10.6 Å². The van der Waals surface area contributed by atoms with Crippen molar-refractivity contribution in [2.24, 2.45) is 5.41 Å². The van der Waals surface area contributed by atoms with E-state index in [9.17, 15) is 9.90 Å². The van der Waals surface area contributed by atoms with Crippen molar-refractivity contribution in [2.75, 3.05) is 6.61 Å². The van der Waals surface area contributed by atoms with Crippen LogP contribution in [-0.2, 0) is 4.74 Å². The number of nitrogens with one attached hydrogen (secondary N) is 2. The predicted molar refractivity (Wildman–Crippen MR) is 82.1 cm³/mol. The first-order chi connectivity index (χ1) is 9.58. The molecular weight excluding hydrogens is 268 g/mol. The van der Waals surface area contributed by atoms with E-state index in [0.29, 0.717) is 0 Å². The zero-order valence-electron chi connectivity index (χ0n) is 14.0. The maximum atomic E-state index is 12.3. The van der Waals surface area contributed by atoms with Gasteiger partial charge in [-0.25, -0.2) is 4.79 Å². The summed E-state index contributed by atoms with van der Waals surface area (Å²) in [7, 11) is 0. The number of rotatable bonds is 3. The molecule has 1 saturated carbocycles. The number of carbonyl (C=O) groups is 1. The van der Waals surface area contributed by atoms with Crippen molar-refractivity contribution in [3.63, 3.8) is 0 Å². The zero-order valence-corrected chi connectivity index (χ0v) is 14.0. The van der Waals surface area contributed by atoms with Gasteiger partial charge in [0, 0.05) is 11.5 Å². The molecule has 1 aliphatic carbocycles. The number of hydrogen-bond acceptors (Lipinski definition) is 3. The summed E-state index contributed by atoms with van der Waals surface area (Å²) in [5.74, 6) is 0. The smallest absolute Gasteiger partial charge is 0.315 e. The van der Waals surface area contributed by atoms with Gasteiger partial charge in [0.25, 0.3) is 0 Å². The highest BCUT2D eigenvalue weighted by molar-refractivity contribution is 5.75. The second-order valence-corrected chi connectivity index (χ2v) is 8.10. The van der Waals surface area contributed by atoms with Gasteiger partial charge in [-0.3, -0.25) is 0 Å². The van der Waals surface area contributed by atoms with E-state index >= 15 is 0 Å². The lowest BCUT2D eigenvalue weighted by molar-refractivity contribution is -0.0691. The Morgan fingerprint density at radius 2 is 1.81 bits per heavy atom. The van der Waals surface area contributed by atoms with Crippen LogP contribution in [0, 0.1) is 5.41 Å². The fraction of sp³-hybridized carbons (Fsp3) is 0.938. The monoisotopic (exact) mass is 298 g/mol. The fourth-order valence-corrected chi connectivity index (χ4v) is 3.81. The molecule has 0 aromatic heterocycles. The normalized spacial score (nSPS) is 37.4. The predicted octanol–water partition coefficient (Wildman–Crippen LogP) is 2.18. The van der Waals surface area contributed by atoms with E-state index < -0.39 is 0 Å². The number of carbonyl (C=O) groups excluding carboxylic acids is 1. The first-order valence-corrected chi connectivity index (χ1v) is 7.96. The summed E-state index contributed by atoms with van der Waals surface area (Å²) in [6.07, 6.45) is 3.74. The van der Waals surface area contributed by atoms with Crippen LogP contribution in [-0.4, -0.2) is 41.0 Å². The molecule has 5 nitrogen and oxygen atoms in total. The van der Waals surface area contributed by atoms with Crippen molar-refractivity contribution >= 4 is 6.03 Å². The van der Waals surface area contributed by atoms with Crippen LogP contribution in [0.25, 0.3) is 0 Å². The summed E-state index contributed by atoms with van der Waals surface area (Å²) in [4.78, 5) is 12.3. The highest BCUT2D eigenvalue weighted by Gasteiger charge is 2.47. The molecule has 122 valence electrons. The minimum Gasteiger partial charge on any atom is -0.396 e. The Hall–Kier alpha value is -0.810. The van der Waals surface area contributed by atoms with Crippen molar-refractivity contribution < 1.29 is 14.6 Å². The van der Waals surface area contributed by atoms with Crippen LogP contribution in [0.15, 0.2) is 0 Å². The lowest BCUT2D eigenvalue weighted by Crippen LogP contribution is -2.54. The molecule has 21 heavy (non-hydrogen) atoms. The van der Waals surface area contributed by atoms with Crippen LogP contribution in [0.1, 0.15) is 60.3 Å². The van der Waals surface area contributed by atoms with E-state index in [4.69, 9.17) is 4.74 Å². The second kappa shape index (κ2) is 5.43. The molecule has 0 aromatic rings. The minimum absolute atomic E-state index is 0.00529. The number of hydrogen-bond donors (Lipinski definition) is 3. The second-order valence-electron chi connectivity index (χ2n) is 8.10. The molecule has 2 rings (SSSR count). The maximum absolute atomic E-state index is 12.3. The van der Waals surface area contributed by atoms with Gasteiger partial charge in [-0.05, 0) is 47.0 Å². The lowest BCUT2D eigenvalue weighted by atomic mass is 9.86. The van der Waals surface area contributed by atoms with Gasteiger partial charge >= 0.3 is 6.03 Å². The van der Waals surface area contributed by atoms with E-state index in [-0.39, 0.29) is 41.3 Å². The third-order valence-corrected chi connectivity index (χ3v) is 5.13. The lowest BCUT2D eigenvalue weighted by Gasteiger charge is -2.32. The van der Waals surface area contributed by atoms with Crippen molar-refractivity contribution in [1.82, 2.24) is 10.6 Å². The minimum atomic E-state index is -0.364. The molecule has 1 heterocycles. The number of amides is 2. The molecule has 1 saturated heterocycles. The van der Waals surface area contributed by atoms with Gasteiger partial charge in [-0.15, -0.1) is 0 Å². The Labute approximate surface area is 127 Å². The molecule has 0 radical (unpaired) electrons. The number of aliphatic hydroxyl groups is 1. The van der Waals surface area contributed by atoms with Crippen molar-refractivity contribution in [2.45, 2.75) is 83.6 Å². The van der Waals surface area contributed by atoms with E-state index in [1.54, 1.807) is 0 Å². The van der Waals surface area contributed by atoms with Gasteiger partial charge in [0.2, 0.25) is 0 Å². The third kappa shape index (κ3) is 3.51. The van der Waals surface area contributed by atoms with Crippen molar-refractivity contribution in [1.29, 1.82) is 0 Å². The van der Waals surface area contributed by atoms with Crippen LogP contribution in [0.3, 0.4) is 0 Å². The summed E-state index contributed by atoms with van der Waals surface area (Å²) >= 11 is 0. The Bertz CT molecular complexity index is 408. The molecule has 0 spiro atoms. The number of ether oxygens (including phenoxy) is 1. The van der Waals surface area contributed by atoms with Crippen LogP contribution >= 0.6 is 0 Å². The third-order valence-electron chi connectivity index (χ3n) is 5.13. The Balaban J connectivity index is 1.94. The topological polar surface area (TPSA) is 70.6 Å². The van der Waals surface area contributed by atoms with Gasteiger partial charge in [0.05, 0.1) is 23.9 Å². The van der Waals surface area contributed by atoms with E-state index in [0.717, 1.165) is 25.7 Å². The molecule has 3 unspecified atom stereocenters. The van der Waals surface area contributed by atoms with Crippen molar-refractivity contribution in [3.8, 4) is 0 Å². The molecule has 2 aliphatic rings. The molecule has 2 amide bonds. The van der Waals surface area contributed by atoms with Crippen LogP contribution in [0.5, 0.6) is 0 Å². The highest BCUT2D eigenvalue weighted by Crippen LogP contribution is 2.38. The average molecular weight is 298 g/mol. The SMILES string of the molecule is CC1(C)CC(NC(=O)NC2CCCC2(C)CO)C(C)(C)O1. The first kappa shape index (κ1) is 16.6. The Morgan fingerprint density at radius 3 is 2.33 bits per heavy atom. The zero-order chi connectivity index (χ0) is 15.9. The van der Waals surface area contributed by atoms with Crippen LogP contribution in [0.2, 0.25) is 0 Å². The Kier molecular flexibility index (Phi) is 4.28. The summed E-state index contributed by atoms with van der Waals surface area (Å²) in [6.45, 7) is 10.3. The number of urea groups is 1. The fourth-order valence-electron chi connectivity index (χ4n) is 3.81. The largest absolute Gasteiger partial charge is 0.396 e. The Morgan fingerprint density at radius 1 is 1.19 bits per heavy atom. The molecular formula is C16H30N2O3. The van der Waals surface area contributed by atoms with E-state index in [1.807, 2.05) is 34.6 Å². The quantitative estimate of drug-likeness (QED) is 0.748. The summed E-state index contributed by atoms with van der Waals surface area (Å²) in [5, 5.41) is 15.7. The van der Waals surface area contributed by atoms with E-state index in [1.165, 1.54) is 0 Å². The van der Waals surface area contributed by atoms with Crippen LogP contribution in [0.4, 0.5) is 4.79 Å². The molecule has 3 N–H and O–H groups in total. The molecule has 0 aromatic carbocycles. The molecule has 2 fully saturated rings. The molecule has 3 atom stereocenters. The first-order valence-electron chi connectivity index (χ1n) is 7.96. The van der Waals surface area contributed by atoms with E-state index in [2.05, 4.69) is 10.6 Å². The summed E-state index contributed by atoms with van der Waals surface area (Å²) < 4.78 is 6.00. The van der Waals surface area contributed by atoms with Gasteiger partial charge in [0.1, 0.15) is 0 Å². The van der Waals surface area contributed by atoms with Gasteiger partial charge < -0.3 is 20.5 Å². The summed E-state index contributed by atoms with van der Waals surface area (Å²) in [5.41, 5.74) is -0.774. The molecule has 5 heteroatoms. The average Bonchev–Trinajstić information content (AvgIpc) is 2.78. The number of aliphatic hydroxyl groups excluding tert-OH is 1. The molecule has 1 aliphatic heterocycles. The highest BCUT2D eigenvalue weighted by atomic mass is 16.5. The summed E-state index contributed by atoms with van der Waals surface area (Å²) in [6, 6.07) is -0.115. The van der Waals surface area contributed by atoms with Crippen molar-refractivity contribution in [3.05, 3.63) is 0 Å². The maximum Gasteiger partial charge on any atom is 0.315 e. The van der Waals surface area contributed by atoms with Gasteiger partial charge in [0.15, 0.2) is 0 Å². The van der Waals surface area contributed by atoms with Gasteiger partial charge in [-0.2, -0.15) is 0 Å². The van der Waals surface area contributed by atoms with Gasteiger partial charge in [-0.1, -0.05) is 13.3 Å². The molecule has 0 bridgehead atoms. The standard InChI is InChI=1S/C16H30N2O3/c1-14(2)9-12(15(3,4)21-14)18-13(20)17-11-7-6-8-16(11,5)10-19/h11-12,19H,6-10H2,1-5H3,(H2,17,18,20).